The third kappa shape index (κ3) is 4.95. The Balaban J connectivity index is 2.04. The molecule has 0 bridgehead atoms. The van der Waals surface area contributed by atoms with E-state index in [9.17, 15) is 14.4 Å². The molecular weight excluding hydrogens is 523 g/mol. The number of rotatable bonds is 7. The van der Waals surface area contributed by atoms with E-state index in [4.69, 9.17) is 9.47 Å². The van der Waals surface area contributed by atoms with E-state index in [1.807, 2.05) is 32.9 Å². The number of aryl methyl sites for hydroxylation is 1. The molecule has 1 N–H and O–H groups in total. The van der Waals surface area contributed by atoms with Gasteiger partial charge in [0.05, 0.1) is 22.0 Å². The molecule has 8 heteroatoms. The Morgan fingerprint density at radius 2 is 1.88 bits per heavy atom. The Labute approximate surface area is 200 Å². The van der Waals surface area contributed by atoms with E-state index in [2.05, 4.69) is 27.9 Å². The number of halogens is 1. The number of hydrogen-bond acceptors (Lipinski definition) is 5. The lowest BCUT2D eigenvalue weighted by Crippen LogP contribution is -2.54. The average molecular weight is 548 g/mol. The summed E-state index contributed by atoms with van der Waals surface area (Å²) >= 11 is 2.14. The second-order valence-electron chi connectivity index (χ2n) is 7.34. The maximum Gasteiger partial charge on any atom is 0.335 e. The van der Waals surface area contributed by atoms with Gasteiger partial charge in [0.1, 0.15) is 5.57 Å². The van der Waals surface area contributed by atoms with Crippen molar-refractivity contribution in [3.8, 4) is 11.5 Å². The molecule has 3 rings (SSSR count). The normalized spacial score (nSPS) is 16.2. The van der Waals surface area contributed by atoms with Gasteiger partial charge in [-0.15, -0.1) is 0 Å². The molecule has 0 spiro atoms. The molecule has 1 heterocycles. The fourth-order valence-corrected chi connectivity index (χ4v) is 3.94. The van der Waals surface area contributed by atoms with E-state index in [0.717, 1.165) is 20.5 Å². The number of para-hydroxylation sites is 1. The van der Waals surface area contributed by atoms with Gasteiger partial charge in [-0.25, -0.2) is 9.69 Å². The third-order valence-corrected chi connectivity index (χ3v) is 5.80. The number of amides is 4. The van der Waals surface area contributed by atoms with Crippen molar-refractivity contribution in [3.63, 3.8) is 0 Å². The number of ether oxygens (including phenoxy) is 2. The van der Waals surface area contributed by atoms with Gasteiger partial charge >= 0.3 is 6.03 Å². The first kappa shape index (κ1) is 23.8. The maximum atomic E-state index is 13.2. The van der Waals surface area contributed by atoms with Crippen LogP contribution < -0.4 is 19.7 Å². The van der Waals surface area contributed by atoms with Crippen LogP contribution in [-0.4, -0.2) is 30.6 Å². The number of nitrogens with one attached hydrogen (secondary N) is 1. The minimum Gasteiger partial charge on any atom is -0.490 e. The molecule has 2 aromatic rings. The fraction of sp³-hybridized carbons (Fsp3) is 0.292. The highest BCUT2D eigenvalue weighted by Gasteiger charge is 2.37. The van der Waals surface area contributed by atoms with E-state index in [-0.39, 0.29) is 11.7 Å². The number of benzene rings is 2. The Morgan fingerprint density at radius 1 is 1.16 bits per heavy atom. The molecule has 0 radical (unpaired) electrons. The van der Waals surface area contributed by atoms with Crippen LogP contribution in [0.4, 0.5) is 10.5 Å². The summed E-state index contributed by atoms with van der Waals surface area (Å²) in [6.45, 7) is 8.11. The first-order valence-electron chi connectivity index (χ1n) is 10.4. The molecule has 32 heavy (non-hydrogen) atoms. The predicted molar refractivity (Wildman–Crippen MR) is 131 cm³/mol. The molecule has 1 unspecified atom stereocenters. The van der Waals surface area contributed by atoms with Gasteiger partial charge in [-0.05, 0) is 85.2 Å². The monoisotopic (exact) mass is 548 g/mol. The van der Waals surface area contributed by atoms with Crippen LogP contribution in [0.2, 0.25) is 0 Å². The number of imide groups is 2. The summed E-state index contributed by atoms with van der Waals surface area (Å²) in [7, 11) is 0. The molecule has 4 amide bonds. The summed E-state index contributed by atoms with van der Waals surface area (Å²) in [5, 5.41) is 2.26. The molecule has 0 aromatic heterocycles. The van der Waals surface area contributed by atoms with Crippen molar-refractivity contribution in [1.29, 1.82) is 0 Å². The van der Waals surface area contributed by atoms with E-state index in [1.54, 1.807) is 31.2 Å². The van der Waals surface area contributed by atoms with Gasteiger partial charge in [0, 0.05) is 0 Å². The van der Waals surface area contributed by atoms with E-state index in [0.29, 0.717) is 29.4 Å². The molecule has 1 aliphatic rings. The quantitative estimate of drug-likeness (QED) is 0.304. The van der Waals surface area contributed by atoms with Crippen molar-refractivity contribution in [2.75, 3.05) is 11.5 Å². The van der Waals surface area contributed by atoms with Crippen molar-refractivity contribution >= 4 is 52.2 Å². The highest BCUT2D eigenvalue weighted by atomic mass is 127. The van der Waals surface area contributed by atoms with E-state index >= 15 is 0 Å². The van der Waals surface area contributed by atoms with Crippen LogP contribution in [0.25, 0.3) is 6.08 Å². The molecule has 1 saturated heterocycles. The fourth-order valence-electron chi connectivity index (χ4n) is 3.19. The van der Waals surface area contributed by atoms with E-state index in [1.165, 1.54) is 6.08 Å². The first-order valence-corrected chi connectivity index (χ1v) is 11.4. The minimum atomic E-state index is -0.770. The number of carbonyl (C=O) groups excluding carboxylic acids is 3. The molecule has 1 fully saturated rings. The average Bonchev–Trinajstić information content (AvgIpc) is 2.74. The topological polar surface area (TPSA) is 84.9 Å². The number of nitrogens with zero attached hydrogens (tertiary/aromatic N) is 1. The van der Waals surface area contributed by atoms with Gasteiger partial charge in [-0.3, -0.25) is 14.9 Å². The molecule has 2 aromatic carbocycles. The van der Waals surface area contributed by atoms with Crippen LogP contribution in [0.1, 0.15) is 38.3 Å². The zero-order valence-corrected chi connectivity index (χ0v) is 20.6. The Kier molecular flexibility index (Phi) is 7.55. The lowest BCUT2D eigenvalue weighted by molar-refractivity contribution is -0.122. The summed E-state index contributed by atoms with van der Waals surface area (Å²) in [4.78, 5) is 39.1. The summed E-state index contributed by atoms with van der Waals surface area (Å²) in [6, 6.07) is 9.77. The summed E-state index contributed by atoms with van der Waals surface area (Å²) < 4.78 is 12.6. The van der Waals surface area contributed by atoms with Crippen LogP contribution in [-0.2, 0) is 9.59 Å². The summed E-state index contributed by atoms with van der Waals surface area (Å²) in [5.41, 5.74) is 1.62. The summed E-state index contributed by atoms with van der Waals surface area (Å²) in [5.74, 6) is -0.263. The van der Waals surface area contributed by atoms with Gasteiger partial charge < -0.3 is 9.47 Å². The summed E-state index contributed by atoms with van der Waals surface area (Å²) in [6.07, 6.45) is 2.31. The molecule has 7 nitrogen and oxygen atoms in total. The Morgan fingerprint density at radius 3 is 2.53 bits per heavy atom. The van der Waals surface area contributed by atoms with Crippen molar-refractivity contribution in [3.05, 3.63) is 56.7 Å². The second-order valence-corrected chi connectivity index (χ2v) is 8.51. The molecule has 0 saturated carbocycles. The highest BCUT2D eigenvalue weighted by molar-refractivity contribution is 14.1. The van der Waals surface area contributed by atoms with Gasteiger partial charge in [-0.2, -0.15) is 0 Å². The third-order valence-electron chi connectivity index (χ3n) is 4.99. The van der Waals surface area contributed by atoms with Gasteiger partial charge in [0.15, 0.2) is 11.5 Å². The SMILES string of the molecule is CCOc1cc(/C=C2\C(=O)NC(=O)N(c3ccccc3C)C2=O)cc(I)c1OC(C)CC. The van der Waals surface area contributed by atoms with Gasteiger partial charge in [0.25, 0.3) is 11.8 Å². The number of barbiturate groups is 1. The van der Waals surface area contributed by atoms with Crippen molar-refractivity contribution in [2.45, 2.75) is 40.2 Å². The number of carbonyl (C=O) groups is 3. The Hall–Kier alpha value is -2.88. The first-order chi connectivity index (χ1) is 15.3. The van der Waals surface area contributed by atoms with Crippen molar-refractivity contribution in [2.24, 2.45) is 0 Å². The van der Waals surface area contributed by atoms with Crippen LogP contribution in [0.5, 0.6) is 11.5 Å². The molecule has 1 aliphatic heterocycles. The minimum absolute atomic E-state index is 0.00584. The molecule has 168 valence electrons. The van der Waals surface area contributed by atoms with Crippen molar-refractivity contribution < 1.29 is 23.9 Å². The Bertz CT molecular complexity index is 1100. The zero-order chi connectivity index (χ0) is 23.4. The number of hydrogen-bond donors (Lipinski definition) is 1. The van der Waals surface area contributed by atoms with Crippen LogP contribution in [0, 0.1) is 10.5 Å². The van der Waals surface area contributed by atoms with E-state index < -0.39 is 17.8 Å². The highest BCUT2D eigenvalue weighted by Crippen LogP contribution is 2.36. The smallest absolute Gasteiger partial charge is 0.335 e. The van der Waals surface area contributed by atoms with Gasteiger partial charge in [0.2, 0.25) is 0 Å². The number of anilines is 1. The van der Waals surface area contributed by atoms with Crippen molar-refractivity contribution in [1.82, 2.24) is 5.32 Å². The zero-order valence-electron chi connectivity index (χ0n) is 18.4. The largest absolute Gasteiger partial charge is 0.490 e. The molecule has 1 atom stereocenters. The molecule has 0 aliphatic carbocycles. The maximum absolute atomic E-state index is 13.2. The van der Waals surface area contributed by atoms with Crippen LogP contribution in [0.15, 0.2) is 42.0 Å². The lowest BCUT2D eigenvalue weighted by atomic mass is 10.1. The second kappa shape index (κ2) is 10.2. The van der Waals surface area contributed by atoms with Gasteiger partial charge in [-0.1, -0.05) is 25.1 Å². The lowest BCUT2D eigenvalue weighted by Gasteiger charge is -2.27. The predicted octanol–water partition coefficient (Wildman–Crippen LogP) is 4.84. The van der Waals surface area contributed by atoms with Crippen LogP contribution in [0.3, 0.4) is 0 Å². The molecular formula is C24H25IN2O5. The van der Waals surface area contributed by atoms with Crippen LogP contribution >= 0.6 is 22.6 Å². The standard InChI is InChI=1S/C24H25IN2O5/c1-5-15(4)32-21-18(25)12-16(13-20(21)31-6-2)11-17-22(28)26-24(30)27(23(17)29)19-10-8-7-9-14(19)3/h7-13,15H,5-6H2,1-4H3,(H,26,28,30)/b17-11+. The number of urea groups is 1.